The van der Waals surface area contributed by atoms with Crippen LogP contribution in [0.2, 0.25) is 0 Å². The fourth-order valence-electron chi connectivity index (χ4n) is 4.74. The van der Waals surface area contributed by atoms with Gasteiger partial charge in [-0.3, -0.25) is 4.79 Å². The number of nitrogen functional groups attached to an aromatic ring is 1. The summed E-state index contributed by atoms with van der Waals surface area (Å²) in [6.07, 6.45) is 4.87. The highest BCUT2D eigenvalue weighted by Gasteiger charge is 2.27. The van der Waals surface area contributed by atoms with Crippen LogP contribution in [0.4, 0.5) is 5.82 Å². The van der Waals surface area contributed by atoms with Gasteiger partial charge in [0.1, 0.15) is 23.6 Å². The molecule has 174 valence electrons. The number of ether oxygens (including phenoxy) is 1. The zero-order valence-electron chi connectivity index (χ0n) is 19.4. The minimum Gasteiger partial charge on any atom is -0.496 e. The van der Waals surface area contributed by atoms with E-state index >= 15 is 0 Å². The maximum Gasteiger partial charge on any atom is 0.255 e. The predicted octanol–water partition coefficient (Wildman–Crippen LogP) is 4.38. The Morgan fingerprint density at radius 3 is 2.68 bits per heavy atom. The molecule has 2 aromatic heterocycles. The number of aromatic nitrogens is 4. The normalized spacial score (nSPS) is 17.7. The number of para-hydroxylation sites is 1. The summed E-state index contributed by atoms with van der Waals surface area (Å²) < 4.78 is 7.32. The van der Waals surface area contributed by atoms with Crippen molar-refractivity contribution in [3.05, 3.63) is 66.0 Å². The lowest BCUT2D eigenvalue weighted by Crippen LogP contribution is -2.23. The molecular formula is C26H28N6O2. The first-order chi connectivity index (χ1) is 16.5. The first-order valence-corrected chi connectivity index (χ1v) is 11.5. The molecule has 8 nitrogen and oxygen atoms in total. The standard InChI is InChI=1S/C26H28N6O2/c1-16-7-12-19(13-16)32-25-22(24(27)29-15-30-25)23(31-32)18-10-8-17(9-11-18)14-28-26(33)20-5-3-4-6-21(20)34-2/h3-6,8-11,15-16,19H,7,12-14H2,1-2H3,(H,28,33)(H2,27,29,30). The van der Waals surface area contributed by atoms with E-state index in [9.17, 15) is 4.79 Å². The number of anilines is 1. The van der Waals surface area contributed by atoms with Crippen LogP contribution in [-0.2, 0) is 6.54 Å². The van der Waals surface area contributed by atoms with E-state index in [4.69, 9.17) is 15.6 Å². The van der Waals surface area contributed by atoms with Gasteiger partial charge in [0.2, 0.25) is 0 Å². The first kappa shape index (κ1) is 21.9. The number of fused-ring (bicyclic) bond motifs is 1. The molecule has 1 fully saturated rings. The van der Waals surface area contributed by atoms with E-state index in [0.717, 1.165) is 40.7 Å². The number of rotatable bonds is 6. The molecule has 8 heteroatoms. The third-order valence-electron chi connectivity index (χ3n) is 6.56. The number of nitrogens with one attached hydrogen (secondary N) is 1. The largest absolute Gasteiger partial charge is 0.496 e. The second kappa shape index (κ2) is 9.13. The van der Waals surface area contributed by atoms with Gasteiger partial charge in [-0.2, -0.15) is 5.10 Å². The molecule has 0 spiro atoms. The quantitative estimate of drug-likeness (QED) is 0.446. The Kier molecular flexibility index (Phi) is 5.88. The van der Waals surface area contributed by atoms with Crippen molar-refractivity contribution < 1.29 is 9.53 Å². The van der Waals surface area contributed by atoms with Crippen molar-refractivity contribution >= 4 is 22.8 Å². The lowest BCUT2D eigenvalue weighted by molar-refractivity contribution is 0.0948. The van der Waals surface area contributed by atoms with E-state index in [1.54, 1.807) is 19.2 Å². The Labute approximate surface area is 198 Å². The van der Waals surface area contributed by atoms with Crippen molar-refractivity contribution in [3.63, 3.8) is 0 Å². The first-order valence-electron chi connectivity index (χ1n) is 11.5. The van der Waals surface area contributed by atoms with E-state index in [1.807, 2.05) is 41.1 Å². The van der Waals surface area contributed by atoms with Crippen molar-refractivity contribution in [2.24, 2.45) is 5.92 Å². The van der Waals surface area contributed by atoms with Crippen LogP contribution in [0.1, 0.15) is 48.1 Å². The molecular weight excluding hydrogens is 428 g/mol. The zero-order valence-corrected chi connectivity index (χ0v) is 19.4. The molecule has 2 unspecified atom stereocenters. The molecule has 1 amide bonds. The Bertz CT molecular complexity index is 1330. The van der Waals surface area contributed by atoms with Crippen LogP contribution in [0.5, 0.6) is 5.75 Å². The number of carbonyl (C=O) groups excluding carboxylic acids is 1. The summed E-state index contributed by atoms with van der Waals surface area (Å²) in [5.41, 5.74) is 10.3. The smallest absolute Gasteiger partial charge is 0.255 e. The summed E-state index contributed by atoms with van der Waals surface area (Å²) in [4.78, 5) is 21.3. The molecule has 0 saturated heterocycles. The van der Waals surface area contributed by atoms with Crippen molar-refractivity contribution in [1.82, 2.24) is 25.1 Å². The molecule has 34 heavy (non-hydrogen) atoms. The van der Waals surface area contributed by atoms with Gasteiger partial charge in [-0.05, 0) is 42.9 Å². The van der Waals surface area contributed by atoms with Gasteiger partial charge in [-0.15, -0.1) is 0 Å². The van der Waals surface area contributed by atoms with Crippen LogP contribution in [0, 0.1) is 5.92 Å². The average Bonchev–Trinajstić information content (AvgIpc) is 3.47. The lowest BCUT2D eigenvalue weighted by Gasteiger charge is -2.11. The highest BCUT2D eigenvalue weighted by atomic mass is 16.5. The molecule has 3 N–H and O–H groups in total. The fraction of sp³-hybridized carbons (Fsp3) is 0.308. The monoisotopic (exact) mass is 456 g/mol. The summed E-state index contributed by atoms with van der Waals surface area (Å²) >= 11 is 0. The molecule has 1 aliphatic carbocycles. The summed E-state index contributed by atoms with van der Waals surface area (Å²) in [6, 6.07) is 15.5. The number of carbonyl (C=O) groups is 1. The molecule has 0 radical (unpaired) electrons. The maximum absolute atomic E-state index is 12.6. The molecule has 1 aliphatic rings. The Balaban J connectivity index is 1.38. The number of hydrogen-bond acceptors (Lipinski definition) is 6. The number of methoxy groups -OCH3 is 1. The average molecular weight is 457 g/mol. The highest BCUT2D eigenvalue weighted by molar-refractivity contribution is 5.98. The predicted molar refractivity (Wildman–Crippen MR) is 131 cm³/mol. The molecule has 2 aromatic carbocycles. The number of nitrogens with zero attached hydrogens (tertiary/aromatic N) is 4. The van der Waals surface area contributed by atoms with Crippen LogP contribution in [-0.4, -0.2) is 32.8 Å². The summed E-state index contributed by atoms with van der Waals surface area (Å²) in [5, 5.41) is 8.70. The lowest BCUT2D eigenvalue weighted by atomic mass is 10.1. The van der Waals surface area contributed by atoms with Gasteiger partial charge in [0.15, 0.2) is 5.65 Å². The molecule has 1 saturated carbocycles. The number of amides is 1. The molecule has 0 bridgehead atoms. The minimum atomic E-state index is -0.179. The van der Waals surface area contributed by atoms with Crippen molar-refractivity contribution in [1.29, 1.82) is 0 Å². The Morgan fingerprint density at radius 2 is 1.94 bits per heavy atom. The second-order valence-electron chi connectivity index (χ2n) is 8.90. The Hall–Kier alpha value is -3.94. The van der Waals surface area contributed by atoms with Crippen molar-refractivity contribution in [2.45, 2.75) is 38.8 Å². The second-order valence-corrected chi connectivity index (χ2v) is 8.90. The molecule has 4 aromatic rings. The summed E-state index contributed by atoms with van der Waals surface area (Å²) in [5.74, 6) is 1.49. The topological polar surface area (TPSA) is 108 Å². The third kappa shape index (κ3) is 4.07. The number of hydrogen-bond donors (Lipinski definition) is 2. The van der Waals surface area contributed by atoms with Crippen LogP contribution >= 0.6 is 0 Å². The van der Waals surface area contributed by atoms with Gasteiger partial charge < -0.3 is 15.8 Å². The highest BCUT2D eigenvalue weighted by Crippen LogP contribution is 2.38. The van der Waals surface area contributed by atoms with Gasteiger partial charge in [0.25, 0.3) is 5.91 Å². The Morgan fingerprint density at radius 1 is 1.15 bits per heavy atom. The van der Waals surface area contributed by atoms with Crippen LogP contribution in [0.15, 0.2) is 54.9 Å². The van der Waals surface area contributed by atoms with E-state index < -0.39 is 0 Å². The molecule has 2 heterocycles. The number of benzene rings is 2. The van der Waals surface area contributed by atoms with Gasteiger partial charge >= 0.3 is 0 Å². The zero-order chi connectivity index (χ0) is 23.7. The van der Waals surface area contributed by atoms with Crippen molar-refractivity contribution in [2.75, 3.05) is 12.8 Å². The van der Waals surface area contributed by atoms with Crippen LogP contribution in [0.25, 0.3) is 22.3 Å². The van der Waals surface area contributed by atoms with E-state index in [2.05, 4.69) is 22.2 Å². The number of nitrogens with two attached hydrogens (primary N) is 1. The van der Waals surface area contributed by atoms with Gasteiger partial charge in [0.05, 0.1) is 24.1 Å². The van der Waals surface area contributed by atoms with Crippen LogP contribution < -0.4 is 15.8 Å². The van der Waals surface area contributed by atoms with Crippen molar-refractivity contribution in [3.8, 4) is 17.0 Å². The van der Waals surface area contributed by atoms with E-state index in [-0.39, 0.29) is 5.91 Å². The summed E-state index contributed by atoms with van der Waals surface area (Å²) in [6.45, 7) is 2.68. The van der Waals surface area contributed by atoms with Gasteiger partial charge in [0, 0.05) is 12.1 Å². The van der Waals surface area contributed by atoms with Gasteiger partial charge in [-0.1, -0.05) is 43.3 Å². The SMILES string of the molecule is COc1ccccc1C(=O)NCc1ccc(-c2nn(C3CCC(C)C3)c3ncnc(N)c23)cc1. The van der Waals surface area contributed by atoms with Crippen LogP contribution in [0.3, 0.4) is 0 Å². The maximum atomic E-state index is 12.6. The molecule has 2 atom stereocenters. The molecule has 5 rings (SSSR count). The fourth-order valence-corrected chi connectivity index (χ4v) is 4.74. The third-order valence-corrected chi connectivity index (χ3v) is 6.56. The summed E-state index contributed by atoms with van der Waals surface area (Å²) in [7, 11) is 1.56. The van der Waals surface area contributed by atoms with Gasteiger partial charge in [-0.25, -0.2) is 14.6 Å². The van der Waals surface area contributed by atoms with E-state index in [1.165, 1.54) is 12.7 Å². The van der Waals surface area contributed by atoms with E-state index in [0.29, 0.717) is 35.6 Å². The minimum absolute atomic E-state index is 0.179. The molecule has 0 aliphatic heterocycles.